The number of rotatable bonds is 8. The highest BCUT2D eigenvalue weighted by Crippen LogP contribution is 2.20. The van der Waals surface area contributed by atoms with Gasteiger partial charge < -0.3 is 15.2 Å². The summed E-state index contributed by atoms with van der Waals surface area (Å²) in [4.78, 5) is 8.74. The molecule has 1 aromatic heterocycles. The maximum absolute atomic E-state index is 5.37. The molecule has 0 bridgehead atoms. The molecule has 1 aromatic carbocycles. The number of nitrogens with one attached hydrogen (secondary N) is 2. The van der Waals surface area contributed by atoms with Crippen LogP contribution in [0.25, 0.3) is 11.5 Å². The van der Waals surface area contributed by atoms with E-state index in [0.29, 0.717) is 12.4 Å². The Hall–Kier alpha value is -2.02. The van der Waals surface area contributed by atoms with Gasteiger partial charge in [0, 0.05) is 36.9 Å². The molecule has 0 saturated heterocycles. The number of hydrogen-bond donors (Lipinski definition) is 2. The van der Waals surface area contributed by atoms with Crippen molar-refractivity contribution in [1.82, 2.24) is 20.8 Å². The van der Waals surface area contributed by atoms with Crippen LogP contribution in [0, 0.1) is 0 Å². The molecule has 0 aliphatic heterocycles. The number of guanidine groups is 1. The normalized spacial score (nSPS) is 12.3. The van der Waals surface area contributed by atoms with Gasteiger partial charge in [-0.2, -0.15) is 16.7 Å². The number of aryl methyl sites for hydroxylation is 1. The van der Waals surface area contributed by atoms with Crippen LogP contribution in [0.1, 0.15) is 38.6 Å². The average molecular weight is 376 g/mol. The van der Waals surface area contributed by atoms with E-state index in [1.54, 1.807) is 7.05 Å². The van der Waals surface area contributed by atoms with E-state index in [1.165, 1.54) is 0 Å². The minimum Gasteiger partial charge on any atom is -0.355 e. The predicted octanol–water partition coefficient (Wildman–Crippen LogP) is 3.50. The van der Waals surface area contributed by atoms with Crippen LogP contribution in [-0.2, 0) is 13.0 Å². The van der Waals surface area contributed by atoms with Crippen LogP contribution in [0.15, 0.2) is 33.8 Å². The van der Waals surface area contributed by atoms with E-state index in [9.17, 15) is 0 Å². The molecule has 1 heterocycles. The Labute approximate surface area is 160 Å². The third kappa shape index (κ3) is 6.05. The lowest BCUT2D eigenvalue weighted by Gasteiger charge is -2.23. The Morgan fingerprint density at radius 3 is 2.81 bits per heavy atom. The molecule has 26 heavy (non-hydrogen) atoms. The summed E-state index contributed by atoms with van der Waals surface area (Å²) in [6.07, 6.45) is 3.95. The molecule has 7 heteroatoms. The first-order chi connectivity index (χ1) is 12.5. The SMILES string of the molecule is CCCc1noc(-c2cccc(CNC(=NC)NCC(C)(C)SC)c2)n1. The van der Waals surface area contributed by atoms with Crippen molar-refractivity contribution in [3.05, 3.63) is 35.7 Å². The lowest BCUT2D eigenvalue weighted by atomic mass is 10.1. The highest BCUT2D eigenvalue weighted by Gasteiger charge is 2.16. The summed E-state index contributed by atoms with van der Waals surface area (Å²) in [5, 5.41) is 10.7. The number of aliphatic imine (C=N–C) groups is 1. The Kier molecular flexibility index (Phi) is 7.50. The highest BCUT2D eigenvalue weighted by atomic mass is 32.2. The maximum Gasteiger partial charge on any atom is 0.257 e. The zero-order chi connectivity index (χ0) is 19.0. The van der Waals surface area contributed by atoms with Gasteiger partial charge in [-0.25, -0.2) is 0 Å². The lowest BCUT2D eigenvalue weighted by Crippen LogP contribution is -2.42. The summed E-state index contributed by atoms with van der Waals surface area (Å²) in [6, 6.07) is 8.12. The van der Waals surface area contributed by atoms with Gasteiger partial charge in [-0.05, 0) is 44.2 Å². The summed E-state index contributed by atoms with van der Waals surface area (Å²) in [6.45, 7) is 8.03. The first-order valence-corrected chi connectivity index (χ1v) is 10.1. The van der Waals surface area contributed by atoms with Crippen molar-refractivity contribution in [3.63, 3.8) is 0 Å². The maximum atomic E-state index is 5.37. The molecule has 0 radical (unpaired) electrons. The fourth-order valence-corrected chi connectivity index (χ4v) is 2.50. The van der Waals surface area contributed by atoms with Crippen LogP contribution in [0.2, 0.25) is 0 Å². The van der Waals surface area contributed by atoms with Crippen molar-refractivity contribution in [1.29, 1.82) is 0 Å². The molecule has 6 nitrogen and oxygen atoms in total. The van der Waals surface area contributed by atoms with Crippen molar-refractivity contribution in [3.8, 4) is 11.5 Å². The van der Waals surface area contributed by atoms with Crippen molar-refractivity contribution in [2.24, 2.45) is 4.99 Å². The highest BCUT2D eigenvalue weighted by molar-refractivity contribution is 7.99. The van der Waals surface area contributed by atoms with Gasteiger partial charge in [-0.3, -0.25) is 4.99 Å². The van der Waals surface area contributed by atoms with Crippen LogP contribution in [0.4, 0.5) is 0 Å². The topological polar surface area (TPSA) is 75.3 Å². The van der Waals surface area contributed by atoms with Crippen LogP contribution < -0.4 is 10.6 Å². The molecule has 0 spiro atoms. The predicted molar refractivity (Wildman–Crippen MR) is 110 cm³/mol. The number of benzene rings is 1. The molecule has 0 aliphatic carbocycles. The second-order valence-corrected chi connectivity index (χ2v) is 8.22. The van der Waals surface area contributed by atoms with Gasteiger partial charge in [0.25, 0.3) is 5.89 Å². The van der Waals surface area contributed by atoms with Crippen molar-refractivity contribution in [2.45, 2.75) is 44.9 Å². The average Bonchev–Trinajstić information content (AvgIpc) is 3.11. The Balaban J connectivity index is 1.97. The van der Waals surface area contributed by atoms with Gasteiger partial charge in [0.15, 0.2) is 11.8 Å². The third-order valence-electron chi connectivity index (χ3n) is 4.03. The number of thioether (sulfide) groups is 1. The molecular weight excluding hydrogens is 346 g/mol. The van der Waals surface area contributed by atoms with E-state index in [0.717, 1.165) is 42.3 Å². The molecule has 2 rings (SSSR count). The standard InChI is InChI=1S/C19H29N5OS/c1-6-8-16-23-17(25-24-16)15-10-7-9-14(11-15)12-21-18(20-4)22-13-19(2,3)26-5/h7,9-11H,6,8,12-13H2,1-5H3,(H2,20,21,22). The van der Waals surface area contributed by atoms with Crippen LogP contribution >= 0.6 is 11.8 Å². The number of nitrogens with zero attached hydrogens (tertiary/aromatic N) is 3. The molecular formula is C19H29N5OS. The summed E-state index contributed by atoms with van der Waals surface area (Å²) >= 11 is 1.83. The van der Waals surface area contributed by atoms with E-state index in [-0.39, 0.29) is 4.75 Å². The lowest BCUT2D eigenvalue weighted by molar-refractivity contribution is 0.422. The van der Waals surface area contributed by atoms with Crippen molar-refractivity contribution < 1.29 is 4.52 Å². The minimum atomic E-state index is 0.158. The summed E-state index contributed by atoms with van der Waals surface area (Å²) in [5.74, 6) is 2.12. The molecule has 0 unspecified atom stereocenters. The fourth-order valence-electron chi connectivity index (χ4n) is 2.29. The first-order valence-electron chi connectivity index (χ1n) is 8.89. The Bertz CT molecular complexity index is 726. The van der Waals surface area contributed by atoms with E-state index in [4.69, 9.17) is 4.52 Å². The van der Waals surface area contributed by atoms with Gasteiger partial charge in [0.1, 0.15) is 0 Å². The molecule has 0 amide bonds. The van der Waals surface area contributed by atoms with E-state index >= 15 is 0 Å². The molecule has 0 aliphatic rings. The summed E-state index contributed by atoms with van der Waals surface area (Å²) in [5.41, 5.74) is 2.07. The second-order valence-electron chi connectivity index (χ2n) is 6.71. The zero-order valence-corrected chi connectivity index (χ0v) is 17.1. The summed E-state index contributed by atoms with van der Waals surface area (Å²) in [7, 11) is 1.78. The van der Waals surface area contributed by atoms with Gasteiger partial charge in [-0.1, -0.05) is 24.2 Å². The first kappa shape index (κ1) is 20.3. The molecule has 2 aromatic rings. The van der Waals surface area contributed by atoms with E-state index < -0.39 is 0 Å². The third-order valence-corrected chi connectivity index (χ3v) is 5.28. The second kappa shape index (κ2) is 9.62. The minimum absolute atomic E-state index is 0.158. The molecule has 0 saturated carbocycles. The van der Waals surface area contributed by atoms with Gasteiger partial charge in [-0.15, -0.1) is 0 Å². The van der Waals surface area contributed by atoms with Crippen LogP contribution in [-0.4, -0.2) is 40.7 Å². The molecule has 2 N–H and O–H groups in total. The fraction of sp³-hybridized carbons (Fsp3) is 0.526. The molecule has 142 valence electrons. The summed E-state index contributed by atoms with van der Waals surface area (Å²) < 4.78 is 5.53. The largest absolute Gasteiger partial charge is 0.355 e. The van der Waals surface area contributed by atoms with Crippen LogP contribution in [0.3, 0.4) is 0 Å². The van der Waals surface area contributed by atoms with E-state index in [2.05, 4.69) is 64.9 Å². The number of hydrogen-bond acceptors (Lipinski definition) is 5. The Morgan fingerprint density at radius 2 is 2.12 bits per heavy atom. The van der Waals surface area contributed by atoms with E-state index in [1.807, 2.05) is 23.9 Å². The van der Waals surface area contributed by atoms with Crippen LogP contribution in [0.5, 0.6) is 0 Å². The molecule has 0 atom stereocenters. The monoisotopic (exact) mass is 375 g/mol. The smallest absolute Gasteiger partial charge is 0.257 e. The van der Waals surface area contributed by atoms with Crippen molar-refractivity contribution >= 4 is 17.7 Å². The van der Waals surface area contributed by atoms with Crippen molar-refractivity contribution in [2.75, 3.05) is 19.8 Å². The van der Waals surface area contributed by atoms with Gasteiger partial charge >= 0.3 is 0 Å². The van der Waals surface area contributed by atoms with Gasteiger partial charge in [0.05, 0.1) is 0 Å². The molecule has 0 fully saturated rings. The number of aromatic nitrogens is 2. The zero-order valence-electron chi connectivity index (χ0n) is 16.3. The Morgan fingerprint density at radius 1 is 1.31 bits per heavy atom. The quantitative estimate of drug-likeness (QED) is 0.543. The van der Waals surface area contributed by atoms with Gasteiger partial charge in [0.2, 0.25) is 0 Å².